The molecule has 0 atom stereocenters. The van der Waals surface area contributed by atoms with Crippen LogP contribution in [0.3, 0.4) is 0 Å². The second-order valence-corrected chi connectivity index (χ2v) is 2.78. The second-order valence-electron chi connectivity index (χ2n) is 2.78. The van der Waals surface area contributed by atoms with Crippen molar-refractivity contribution in [1.29, 1.82) is 0 Å². The molecule has 0 fully saturated rings. The molecule has 4 nitrogen and oxygen atoms in total. The van der Waals surface area contributed by atoms with Gasteiger partial charge in [0.1, 0.15) is 0 Å². The molecule has 4 heteroatoms. The first-order valence-electron chi connectivity index (χ1n) is 4.69. The Morgan fingerprint density at radius 1 is 1.29 bits per heavy atom. The van der Waals surface area contributed by atoms with Gasteiger partial charge in [0.05, 0.1) is 19.4 Å². The zero-order valence-corrected chi connectivity index (χ0v) is 8.36. The summed E-state index contributed by atoms with van der Waals surface area (Å²) < 4.78 is 4.79. The van der Waals surface area contributed by atoms with Gasteiger partial charge in [0.15, 0.2) is 0 Å². The van der Waals surface area contributed by atoms with Crippen LogP contribution in [0.1, 0.15) is 32.6 Å². The average Bonchev–Trinajstić information content (AvgIpc) is 2.14. The fourth-order valence-electron chi connectivity index (χ4n) is 0.806. The third kappa shape index (κ3) is 8.77. The van der Waals surface area contributed by atoms with Crippen molar-refractivity contribution in [2.45, 2.75) is 32.6 Å². The first-order chi connectivity index (χ1) is 6.66. The summed E-state index contributed by atoms with van der Waals surface area (Å²) >= 11 is 0. The van der Waals surface area contributed by atoms with Crippen LogP contribution >= 0.6 is 0 Å². The van der Waals surface area contributed by atoms with Crippen LogP contribution in [-0.2, 0) is 14.3 Å². The first-order valence-corrected chi connectivity index (χ1v) is 4.69. The predicted molar refractivity (Wildman–Crippen MR) is 51.9 cm³/mol. The SMILES string of the molecule is CCC=CCCOC(=O)CCC(=O)O. The number of carboxylic acid groups (broad SMARTS) is 1. The lowest BCUT2D eigenvalue weighted by Gasteiger charge is -2.00. The zero-order chi connectivity index (χ0) is 10.8. The van der Waals surface area contributed by atoms with Gasteiger partial charge in [-0.05, 0) is 12.8 Å². The molecule has 0 amide bonds. The molecule has 80 valence electrons. The summed E-state index contributed by atoms with van der Waals surface area (Å²) in [4.78, 5) is 21.0. The van der Waals surface area contributed by atoms with Crippen molar-refractivity contribution in [2.24, 2.45) is 0 Å². The van der Waals surface area contributed by atoms with Crippen LogP contribution in [0.2, 0.25) is 0 Å². The van der Waals surface area contributed by atoms with Crippen LogP contribution in [0, 0.1) is 0 Å². The normalized spacial score (nSPS) is 10.4. The van der Waals surface area contributed by atoms with Crippen molar-refractivity contribution in [3.8, 4) is 0 Å². The molecule has 14 heavy (non-hydrogen) atoms. The second kappa shape index (κ2) is 8.29. The molecule has 0 aliphatic heterocycles. The number of aliphatic carboxylic acids is 1. The molecule has 0 saturated heterocycles. The lowest BCUT2D eigenvalue weighted by atomic mass is 10.3. The lowest BCUT2D eigenvalue weighted by molar-refractivity contribution is -0.147. The van der Waals surface area contributed by atoms with Crippen LogP contribution in [0.15, 0.2) is 12.2 Å². The number of carbonyl (C=O) groups excluding carboxylic acids is 1. The van der Waals surface area contributed by atoms with E-state index < -0.39 is 11.9 Å². The molecule has 0 spiro atoms. The molecule has 0 aromatic rings. The smallest absolute Gasteiger partial charge is 0.306 e. The van der Waals surface area contributed by atoms with E-state index >= 15 is 0 Å². The number of esters is 1. The Hall–Kier alpha value is -1.32. The van der Waals surface area contributed by atoms with E-state index in [1.54, 1.807) is 0 Å². The number of carboxylic acids is 1. The molecule has 0 saturated carbocycles. The summed E-state index contributed by atoms with van der Waals surface area (Å²) in [5, 5.41) is 8.28. The summed E-state index contributed by atoms with van der Waals surface area (Å²) in [6.07, 6.45) is 5.37. The van der Waals surface area contributed by atoms with Gasteiger partial charge in [-0.15, -0.1) is 0 Å². The Kier molecular flexibility index (Phi) is 7.50. The van der Waals surface area contributed by atoms with Crippen molar-refractivity contribution < 1.29 is 19.4 Å². The highest BCUT2D eigenvalue weighted by Crippen LogP contribution is 1.95. The minimum Gasteiger partial charge on any atom is -0.481 e. The molecular weight excluding hydrogens is 184 g/mol. The molecule has 0 bridgehead atoms. The summed E-state index contributed by atoms with van der Waals surface area (Å²) in [6.45, 7) is 2.35. The minimum absolute atomic E-state index is 0.0488. The zero-order valence-electron chi connectivity index (χ0n) is 8.36. The Morgan fingerprint density at radius 2 is 2.00 bits per heavy atom. The van der Waals surface area contributed by atoms with E-state index in [1.165, 1.54) is 0 Å². The minimum atomic E-state index is -0.979. The largest absolute Gasteiger partial charge is 0.481 e. The molecule has 0 aromatic carbocycles. The summed E-state index contributed by atoms with van der Waals surface area (Å²) in [6, 6.07) is 0. The molecule has 0 rings (SSSR count). The van der Waals surface area contributed by atoms with E-state index in [1.807, 2.05) is 19.1 Å². The monoisotopic (exact) mass is 200 g/mol. The molecule has 0 heterocycles. The van der Waals surface area contributed by atoms with Gasteiger partial charge < -0.3 is 9.84 Å². The molecule has 1 N–H and O–H groups in total. The van der Waals surface area contributed by atoms with E-state index in [0.29, 0.717) is 13.0 Å². The molecule has 0 aliphatic rings. The van der Waals surface area contributed by atoms with E-state index in [2.05, 4.69) is 0 Å². The highest BCUT2D eigenvalue weighted by atomic mass is 16.5. The number of rotatable bonds is 7. The predicted octanol–water partition coefficient (Wildman–Crippen LogP) is 1.75. The Balaban J connectivity index is 3.35. The number of carbonyl (C=O) groups is 2. The lowest BCUT2D eigenvalue weighted by Crippen LogP contribution is -2.07. The van der Waals surface area contributed by atoms with Gasteiger partial charge in [-0.2, -0.15) is 0 Å². The summed E-state index contributed by atoms with van der Waals surface area (Å²) in [7, 11) is 0. The molecule has 0 radical (unpaired) electrons. The maximum Gasteiger partial charge on any atom is 0.306 e. The summed E-state index contributed by atoms with van der Waals surface area (Å²) in [5.74, 6) is -1.43. The Morgan fingerprint density at radius 3 is 2.57 bits per heavy atom. The molecule has 0 aromatic heterocycles. The van der Waals surface area contributed by atoms with E-state index in [9.17, 15) is 9.59 Å². The van der Waals surface area contributed by atoms with Crippen molar-refractivity contribution in [3.05, 3.63) is 12.2 Å². The Labute approximate surface area is 83.6 Å². The average molecular weight is 200 g/mol. The third-order valence-corrected chi connectivity index (χ3v) is 1.49. The van der Waals surface area contributed by atoms with Crippen LogP contribution < -0.4 is 0 Å². The van der Waals surface area contributed by atoms with Gasteiger partial charge in [0.2, 0.25) is 0 Å². The van der Waals surface area contributed by atoms with Gasteiger partial charge in [0, 0.05) is 0 Å². The van der Waals surface area contributed by atoms with Gasteiger partial charge in [-0.3, -0.25) is 9.59 Å². The van der Waals surface area contributed by atoms with Crippen molar-refractivity contribution in [2.75, 3.05) is 6.61 Å². The Bertz CT molecular complexity index is 208. The van der Waals surface area contributed by atoms with Crippen molar-refractivity contribution in [3.63, 3.8) is 0 Å². The number of allylic oxidation sites excluding steroid dienone is 1. The first kappa shape index (κ1) is 12.7. The fourth-order valence-corrected chi connectivity index (χ4v) is 0.806. The number of hydrogen-bond donors (Lipinski definition) is 1. The topological polar surface area (TPSA) is 63.6 Å². The van der Waals surface area contributed by atoms with E-state index in [4.69, 9.17) is 9.84 Å². The maximum atomic E-state index is 10.9. The van der Waals surface area contributed by atoms with Crippen LogP contribution in [0.4, 0.5) is 0 Å². The van der Waals surface area contributed by atoms with Gasteiger partial charge >= 0.3 is 11.9 Å². The highest BCUT2D eigenvalue weighted by Gasteiger charge is 2.05. The van der Waals surface area contributed by atoms with E-state index in [0.717, 1.165) is 6.42 Å². The number of ether oxygens (including phenoxy) is 1. The molecule has 0 aliphatic carbocycles. The number of hydrogen-bond acceptors (Lipinski definition) is 3. The quantitative estimate of drug-likeness (QED) is 0.386. The highest BCUT2D eigenvalue weighted by molar-refractivity contribution is 5.76. The standard InChI is InChI=1S/C10H16O4/c1-2-3-4-5-8-14-10(13)7-6-9(11)12/h3-4H,2,5-8H2,1H3,(H,11,12). The summed E-state index contributed by atoms with van der Waals surface area (Å²) in [5.41, 5.74) is 0. The maximum absolute atomic E-state index is 10.9. The van der Waals surface area contributed by atoms with Gasteiger partial charge in [-0.1, -0.05) is 19.1 Å². The molecular formula is C10H16O4. The van der Waals surface area contributed by atoms with Gasteiger partial charge in [-0.25, -0.2) is 0 Å². The van der Waals surface area contributed by atoms with E-state index in [-0.39, 0.29) is 12.8 Å². The van der Waals surface area contributed by atoms with Crippen molar-refractivity contribution >= 4 is 11.9 Å². The van der Waals surface area contributed by atoms with Crippen molar-refractivity contribution in [1.82, 2.24) is 0 Å². The molecule has 0 unspecified atom stereocenters. The van der Waals surface area contributed by atoms with Gasteiger partial charge in [0.25, 0.3) is 0 Å². The van der Waals surface area contributed by atoms with Crippen LogP contribution in [0.5, 0.6) is 0 Å². The third-order valence-electron chi connectivity index (χ3n) is 1.49. The fraction of sp³-hybridized carbons (Fsp3) is 0.600. The van der Waals surface area contributed by atoms with Crippen LogP contribution in [0.25, 0.3) is 0 Å². The van der Waals surface area contributed by atoms with Crippen LogP contribution in [-0.4, -0.2) is 23.7 Å².